The predicted octanol–water partition coefficient (Wildman–Crippen LogP) is 3.30. The van der Waals surface area contributed by atoms with Crippen LogP contribution in [0, 0.1) is 5.82 Å². The summed E-state index contributed by atoms with van der Waals surface area (Å²) >= 11 is 1.46. The van der Waals surface area contributed by atoms with E-state index in [1.807, 2.05) is 4.90 Å². The number of phenolic OH excluding ortho intramolecular Hbond substituents is 1. The number of fused-ring (bicyclic) bond motifs is 2. The van der Waals surface area contributed by atoms with Crippen LogP contribution in [0.3, 0.4) is 0 Å². The molecule has 1 aromatic heterocycles. The van der Waals surface area contributed by atoms with E-state index in [1.165, 1.54) is 31.0 Å². The van der Waals surface area contributed by atoms with Crippen LogP contribution in [-0.4, -0.2) is 70.7 Å². The lowest BCUT2D eigenvalue weighted by atomic mass is 10.0. The third kappa shape index (κ3) is 4.46. The number of carbonyl (C=O) groups is 2. The van der Waals surface area contributed by atoms with Crippen LogP contribution in [-0.2, 0) is 11.3 Å². The summed E-state index contributed by atoms with van der Waals surface area (Å²) in [5, 5.41) is 14.4. The molecule has 188 valence electrons. The molecule has 0 bridgehead atoms. The average Bonchev–Trinajstić information content (AvgIpc) is 3.17. The van der Waals surface area contributed by atoms with Crippen LogP contribution in [0.15, 0.2) is 42.6 Å². The first-order valence-corrected chi connectivity index (χ1v) is 12.9. The Balaban J connectivity index is 1.49. The van der Waals surface area contributed by atoms with Crippen LogP contribution < -0.4 is 10.1 Å². The van der Waals surface area contributed by atoms with E-state index < -0.39 is 5.37 Å². The molecule has 1 atom stereocenters. The summed E-state index contributed by atoms with van der Waals surface area (Å²) in [6, 6.07) is 9.52. The number of ether oxygens (including phenoxy) is 1. The van der Waals surface area contributed by atoms with E-state index in [0.29, 0.717) is 47.5 Å². The summed E-state index contributed by atoms with van der Waals surface area (Å²) in [5.74, 6) is 0.139. The number of phenols is 1. The lowest BCUT2D eigenvalue weighted by Gasteiger charge is -2.28. The van der Waals surface area contributed by atoms with E-state index in [0.717, 1.165) is 18.7 Å². The van der Waals surface area contributed by atoms with Crippen molar-refractivity contribution in [3.8, 4) is 11.5 Å². The van der Waals surface area contributed by atoms with Gasteiger partial charge in [0.1, 0.15) is 22.5 Å². The lowest BCUT2D eigenvalue weighted by Crippen LogP contribution is -2.46. The molecule has 36 heavy (non-hydrogen) atoms. The molecular formula is C26H27FN4O4S. The van der Waals surface area contributed by atoms with E-state index in [9.17, 15) is 19.1 Å². The Morgan fingerprint density at radius 2 is 2.00 bits per heavy atom. The summed E-state index contributed by atoms with van der Waals surface area (Å²) in [7, 11) is 1.53. The van der Waals surface area contributed by atoms with Crippen LogP contribution in [0.25, 0.3) is 10.9 Å². The van der Waals surface area contributed by atoms with Crippen LogP contribution >= 0.6 is 11.8 Å². The van der Waals surface area contributed by atoms with Gasteiger partial charge in [-0.05, 0) is 29.8 Å². The molecule has 0 saturated carbocycles. The molecule has 2 aliphatic heterocycles. The Bertz CT molecular complexity index is 1300. The number of nitrogens with one attached hydrogen (secondary N) is 1. The van der Waals surface area contributed by atoms with Crippen LogP contribution in [0.1, 0.15) is 33.3 Å². The van der Waals surface area contributed by atoms with Crippen LogP contribution in [0.4, 0.5) is 4.39 Å². The minimum atomic E-state index is -0.501. The number of carbonyl (C=O) groups excluding carboxylic acids is 2. The second-order valence-corrected chi connectivity index (χ2v) is 9.92. The minimum absolute atomic E-state index is 0.0798. The van der Waals surface area contributed by atoms with Crippen LogP contribution in [0.5, 0.6) is 11.5 Å². The van der Waals surface area contributed by atoms with Gasteiger partial charge < -0.3 is 25.0 Å². The fraction of sp³-hybridized carbons (Fsp3) is 0.346. The first-order chi connectivity index (χ1) is 17.5. The van der Waals surface area contributed by atoms with Crippen molar-refractivity contribution in [1.29, 1.82) is 0 Å². The smallest absolute Gasteiger partial charge is 0.259 e. The number of thioether (sulfide) groups is 1. The SMILES string of the molecule is COc1c2c(c(O)c3ncccc13)C(=O)N(Cc1ccc(F)cc1)C2SCCC(=O)N1CCNCC1. The summed E-state index contributed by atoms with van der Waals surface area (Å²) < 4.78 is 19.3. The summed E-state index contributed by atoms with van der Waals surface area (Å²) in [4.78, 5) is 34.2. The number of rotatable bonds is 7. The van der Waals surface area contributed by atoms with Gasteiger partial charge in [-0.1, -0.05) is 12.1 Å². The van der Waals surface area contributed by atoms with Crippen molar-refractivity contribution >= 4 is 34.5 Å². The molecule has 2 N–H and O–H groups in total. The van der Waals surface area contributed by atoms with Crippen molar-refractivity contribution in [2.45, 2.75) is 18.3 Å². The first-order valence-electron chi connectivity index (χ1n) is 11.8. The van der Waals surface area contributed by atoms with Crippen molar-refractivity contribution in [3.05, 3.63) is 65.1 Å². The van der Waals surface area contributed by atoms with Gasteiger partial charge in [-0.2, -0.15) is 0 Å². The first kappa shape index (κ1) is 24.3. The van der Waals surface area contributed by atoms with Gasteiger partial charge in [-0.15, -0.1) is 11.8 Å². The fourth-order valence-electron chi connectivity index (χ4n) is 4.80. The number of benzene rings is 2. The predicted molar refractivity (Wildman–Crippen MR) is 135 cm³/mol. The third-order valence-electron chi connectivity index (χ3n) is 6.56. The highest BCUT2D eigenvalue weighted by Crippen LogP contribution is 2.52. The Morgan fingerprint density at radius 3 is 2.72 bits per heavy atom. The molecular weight excluding hydrogens is 483 g/mol. The number of pyridine rings is 1. The van der Waals surface area contributed by atoms with Gasteiger partial charge in [0, 0.05) is 62.0 Å². The summed E-state index contributed by atoms with van der Waals surface area (Å²) in [5.41, 5.74) is 1.78. The number of methoxy groups -OCH3 is 1. The highest BCUT2D eigenvalue weighted by molar-refractivity contribution is 7.99. The molecule has 1 unspecified atom stereocenters. The minimum Gasteiger partial charge on any atom is -0.505 e. The van der Waals surface area contributed by atoms with Gasteiger partial charge >= 0.3 is 0 Å². The van der Waals surface area contributed by atoms with Crippen molar-refractivity contribution < 1.29 is 23.8 Å². The number of aromatic nitrogens is 1. The van der Waals surface area contributed by atoms with Gasteiger partial charge in [0.2, 0.25) is 5.91 Å². The zero-order valence-electron chi connectivity index (χ0n) is 19.9. The molecule has 0 aliphatic carbocycles. The number of hydrogen-bond acceptors (Lipinski definition) is 7. The summed E-state index contributed by atoms with van der Waals surface area (Å²) in [6.07, 6.45) is 1.88. The lowest BCUT2D eigenvalue weighted by molar-refractivity contribution is -0.131. The average molecular weight is 511 g/mol. The van der Waals surface area contributed by atoms with Gasteiger partial charge in [0.05, 0.1) is 12.7 Å². The maximum Gasteiger partial charge on any atom is 0.259 e. The molecule has 10 heteroatoms. The molecule has 0 radical (unpaired) electrons. The zero-order chi connectivity index (χ0) is 25.2. The second kappa shape index (κ2) is 10.3. The molecule has 5 rings (SSSR count). The fourth-order valence-corrected chi connectivity index (χ4v) is 6.06. The van der Waals surface area contributed by atoms with E-state index in [1.54, 1.807) is 35.4 Å². The van der Waals surface area contributed by atoms with E-state index in [2.05, 4.69) is 10.3 Å². The Hall–Kier alpha value is -3.37. The number of aromatic hydroxyl groups is 1. The maximum atomic E-state index is 13.7. The highest BCUT2D eigenvalue weighted by atomic mass is 32.2. The number of piperazine rings is 1. The Labute approximate surface area is 212 Å². The molecule has 0 spiro atoms. The van der Waals surface area contributed by atoms with Crippen LogP contribution in [0.2, 0.25) is 0 Å². The van der Waals surface area contributed by atoms with Crippen molar-refractivity contribution in [2.75, 3.05) is 39.0 Å². The maximum absolute atomic E-state index is 13.7. The molecule has 2 aliphatic rings. The molecule has 1 saturated heterocycles. The van der Waals surface area contributed by atoms with E-state index in [-0.39, 0.29) is 35.5 Å². The normalized spacial score (nSPS) is 17.5. The van der Waals surface area contributed by atoms with E-state index >= 15 is 0 Å². The van der Waals surface area contributed by atoms with Gasteiger partial charge in [0.15, 0.2) is 5.75 Å². The molecule has 3 aromatic rings. The van der Waals surface area contributed by atoms with Crippen molar-refractivity contribution in [1.82, 2.24) is 20.1 Å². The quantitative estimate of drug-likeness (QED) is 0.504. The number of nitrogens with zero attached hydrogens (tertiary/aromatic N) is 3. The third-order valence-corrected chi connectivity index (χ3v) is 7.81. The largest absolute Gasteiger partial charge is 0.505 e. The van der Waals surface area contributed by atoms with Gasteiger partial charge in [-0.3, -0.25) is 14.6 Å². The van der Waals surface area contributed by atoms with Crippen molar-refractivity contribution in [2.24, 2.45) is 0 Å². The van der Waals surface area contributed by atoms with Crippen molar-refractivity contribution in [3.63, 3.8) is 0 Å². The standard InChI is InChI=1S/C26H27FN4O4S/c1-35-24-18-3-2-9-29-22(18)23(33)20-21(24)26(36-14-8-19(32)30-12-10-28-11-13-30)31(25(20)34)15-16-4-6-17(27)7-5-16/h2-7,9,26,28,33H,8,10-15H2,1H3. The molecule has 8 nitrogen and oxygen atoms in total. The molecule has 1 fully saturated rings. The number of hydrogen-bond donors (Lipinski definition) is 2. The second-order valence-electron chi connectivity index (χ2n) is 8.73. The van der Waals surface area contributed by atoms with E-state index in [4.69, 9.17) is 4.74 Å². The zero-order valence-corrected chi connectivity index (χ0v) is 20.7. The number of amides is 2. The molecule has 2 amide bonds. The Kier molecular flexibility index (Phi) is 6.97. The van der Waals surface area contributed by atoms with Gasteiger partial charge in [-0.25, -0.2) is 4.39 Å². The molecule has 3 heterocycles. The summed E-state index contributed by atoms with van der Waals surface area (Å²) in [6.45, 7) is 3.15. The topological polar surface area (TPSA) is 95.0 Å². The monoisotopic (exact) mass is 510 g/mol. The van der Waals surface area contributed by atoms with Gasteiger partial charge in [0.25, 0.3) is 5.91 Å². The Morgan fingerprint density at radius 1 is 1.25 bits per heavy atom. The molecule has 2 aromatic carbocycles. The number of halogens is 1. The highest BCUT2D eigenvalue weighted by Gasteiger charge is 2.43.